The van der Waals surface area contributed by atoms with Gasteiger partial charge in [-0.1, -0.05) is 202 Å². The van der Waals surface area contributed by atoms with Gasteiger partial charge in [-0.3, -0.25) is 4.79 Å². The number of unbranched alkanes of at least 4 members (excludes halogenated alkanes) is 23. The van der Waals surface area contributed by atoms with E-state index in [1.54, 1.807) is 0 Å². The number of carbonyl (C=O) groups excluding carboxylic acids is 1. The first-order valence-electron chi connectivity index (χ1n) is 23.5. The van der Waals surface area contributed by atoms with Crippen molar-refractivity contribution >= 4 is 5.97 Å². The molecule has 0 saturated heterocycles. The fourth-order valence-corrected chi connectivity index (χ4v) is 6.53. The monoisotopic (exact) mass is 767 g/mol. The summed E-state index contributed by atoms with van der Waals surface area (Å²) in [5.41, 5.74) is 0. The zero-order valence-electron chi connectivity index (χ0n) is 36.4. The number of rotatable bonds is 43. The summed E-state index contributed by atoms with van der Waals surface area (Å²) >= 11 is 0. The van der Waals surface area contributed by atoms with Gasteiger partial charge in [0.05, 0.1) is 13.2 Å². The van der Waals surface area contributed by atoms with Gasteiger partial charge in [-0.2, -0.15) is 0 Å². The maximum absolute atomic E-state index is 12.2. The maximum atomic E-state index is 12.2. The minimum Gasteiger partial charge on any atom is -0.457 e. The standard InChI is InChI=1S/C51H90O4/c1-3-5-7-9-11-13-15-17-19-21-23-25-27-29-31-33-35-37-39-41-43-45-47-54-49-50(48-52)55-51(53)46-44-42-40-38-36-34-32-30-28-26-24-22-20-18-16-14-12-10-8-6-4-2/h5,7,11,13,17,19,22-25,29,31,50,52H,3-4,6,8-10,12,14-16,18,20-21,26-28,30,32-49H2,1-2H3/b7-5-,13-11-,19-17-,24-22-,25-23-,31-29-. The number of allylic oxidation sites excluding steroid dienone is 12. The number of carbonyl (C=O) groups is 1. The lowest BCUT2D eigenvalue weighted by Crippen LogP contribution is -2.27. The average Bonchev–Trinajstić information content (AvgIpc) is 3.19. The summed E-state index contributed by atoms with van der Waals surface area (Å²) in [6.07, 6.45) is 65.4. The quantitative estimate of drug-likeness (QED) is 0.0381. The van der Waals surface area contributed by atoms with Crippen LogP contribution in [0.5, 0.6) is 0 Å². The molecular formula is C51H90O4. The van der Waals surface area contributed by atoms with E-state index in [9.17, 15) is 9.90 Å². The molecule has 0 spiro atoms. The minimum atomic E-state index is -0.547. The van der Waals surface area contributed by atoms with Crippen molar-refractivity contribution in [3.05, 3.63) is 72.9 Å². The molecule has 1 atom stereocenters. The number of ether oxygens (including phenoxy) is 2. The van der Waals surface area contributed by atoms with Crippen LogP contribution in [-0.4, -0.2) is 37.0 Å². The highest BCUT2D eigenvalue weighted by Gasteiger charge is 2.13. The average molecular weight is 767 g/mol. The second-order valence-corrected chi connectivity index (χ2v) is 15.4. The van der Waals surface area contributed by atoms with E-state index in [-0.39, 0.29) is 19.2 Å². The molecule has 0 aliphatic heterocycles. The largest absolute Gasteiger partial charge is 0.457 e. The number of esters is 1. The van der Waals surface area contributed by atoms with E-state index in [2.05, 4.69) is 86.8 Å². The van der Waals surface area contributed by atoms with Crippen molar-refractivity contribution in [2.45, 2.75) is 225 Å². The minimum absolute atomic E-state index is 0.181. The van der Waals surface area contributed by atoms with E-state index in [4.69, 9.17) is 9.47 Å². The zero-order chi connectivity index (χ0) is 39.8. The number of hydrogen-bond donors (Lipinski definition) is 1. The second-order valence-electron chi connectivity index (χ2n) is 15.4. The first kappa shape index (κ1) is 52.8. The van der Waals surface area contributed by atoms with E-state index >= 15 is 0 Å². The van der Waals surface area contributed by atoms with E-state index < -0.39 is 6.10 Å². The van der Waals surface area contributed by atoms with Gasteiger partial charge in [0.25, 0.3) is 0 Å². The van der Waals surface area contributed by atoms with E-state index in [1.807, 2.05) is 0 Å². The van der Waals surface area contributed by atoms with Crippen LogP contribution < -0.4 is 0 Å². The van der Waals surface area contributed by atoms with Gasteiger partial charge in [-0.15, -0.1) is 0 Å². The van der Waals surface area contributed by atoms with Crippen LogP contribution in [0.3, 0.4) is 0 Å². The van der Waals surface area contributed by atoms with Gasteiger partial charge in [0, 0.05) is 13.0 Å². The smallest absolute Gasteiger partial charge is 0.306 e. The second kappa shape index (κ2) is 48.0. The summed E-state index contributed by atoms with van der Waals surface area (Å²) < 4.78 is 11.2. The number of hydrogen-bond acceptors (Lipinski definition) is 4. The molecule has 0 fully saturated rings. The predicted octanol–water partition coefficient (Wildman–Crippen LogP) is 15.8. The van der Waals surface area contributed by atoms with Gasteiger partial charge in [0.15, 0.2) is 0 Å². The topological polar surface area (TPSA) is 55.8 Å². The summed E-state index contributed by atoms with van der Waals surface area (Å²) in [4.78, 5) is 12.2. The van der Waals surface area contributed by atoms with Crippen molar-refractivity contribution in [1.82, 2.24) is 0 Å². The van der Waals surface area contributed by atoms with Crippen LogP contribution in [0, 0.1) is 0 Å². The Balaban J connectivity index is 3.47. The molecule has 4 nitrogen and oxygen atoms in total. The molecule has 0 amide bonds. The van der Waals surface area contributed by atoms with E-state index in [0.717, 1.165) is 64.2 Å². The molecule has 0 aliphatic carbocycles. The van der Waals surface area contributed by atoms with Crippen molar-refractivity contribution in [2.75, 3.05) is 19.8 Å². The SMILES string of the molecule is CC/C=C\C/C=C\C/C=C\C/C=C\C/C=C\CCCCCCCCOCC(CO)OC(=O)CCCCCCCCCCC/C=C\CCCCCCCCCC. The summed E-state index contributed by atoms with van der Waals surface area (Å²) in [5.74, 6) is -0.209. The first-order valence-corrected chi connectivity index (χ1v) is 23.5. The molecule has 55 heavy (non-hydrogen) atoms. The van der Waals surface area contributed by atoms with Crippen LogP contribution in [0.15, 0.2) is 72.9 Å². The lowest BCUT2D eigenvalue weighted by atomic mass is 10.1. The van der Waals surface area contributed by atoms with Crippen LogP contribution >= 0.6 is 0 Å². The lowest BCUT2D eigenvalue weighted by molar-refractivity contribution is -0.154. The van der Waals surface area contributed by atoms with Crippen molar-refractivity contribution in [3.8, 4) is 0 Å². The van der Waals surface area contributed by atoms with Gasteiger partial charge in [-0.25, -0.2) is 0 Å². The molecule has 0 radical (unpaired) electrons. The highest BCUT2D eigenvalue weighted by molar-refractivity contribution is 5.69. The molecule has 0 rings (SSSR count). The molecule has 0 aromatic heterocycles. The van der Waals surface area contributed by atoms with Crippen LogP contribution in [-0.2, 0) is 14.3 Å². The first-order chi connectivity index (χ1) is 27.2. The molecule has 1 N–H and O–H groups in total. The molecule has 0 heterocycles. The van der Waals surface area contributed by atoms with Gasteiger partial charge >= 0.3 is 5.97 Å². The zero-order valence-corrected chi connectivity index (χ0v) is 36.4. The third kappa shape index (κ3) is 46.1. The summed E-state index contributed by atoms with van der Waals surface area (Å²) in [7, 11) is 0. The Labute approximate surface area is 342 Å². The highest BCUT2D eigenvalue weighted by atomic mass is 16.6. The highest BCUT2D eigenvalue weighted by Crippen LogP contribution is 2.14. The Morgan fingerprint density at radius 2 is 0.818 bits per heavy atom. The third-order valence-corrected chi connectivity index (χ3v) is 10.0. The molecule has 0 bridgehead atoms. The molecule has 4 heteroatoms. The van der Waals surface area contributed by atoms with E-state index in [1.165, 1.54) is 135 Å². The van der Waals surface area contributed by atoms with Crippen LogP contribution in [0.4, 0.5) is 0 Å². The molecule has 318 valence electrons. The molecule has 0 aromatic rings. The fraction of sp³-hybridized carbons (Fsp3) is 0.745. The van der Waals surface area contributed by atoms with Gasteiger partial charge in [0.1, 0.15) is 6.10 Å². The Morgan fingerprint density at radius 3 is 1.25 bits per heavy atom. The van der Waals surface area contributed by atoms with Crippen LogP contribution in [0.2, 0.25) is 0 Å². The summed E-state index contributed by atoms with van der Waals surface area (Å²) in [6, 6.07) is 0. The van der Waals surface area contributed by atoms with Crippen LogP contribution in [0.1, 0.15) is 219 Å². The summed E-state index contributed by atoms with van der Waals surface area (Å²) in [6.45, 7) is 5.21. The molecule has 0 aromatic carbocycles. The Kier molecular flexibility index (Phi) is 46.1. The van der Waals surface area contributed by atoms with E-state index in [0.29, 0.717) is 13.0 Å². The maximum Gasteiger partial charge on any atom is 0.306 e. The molecular weight excluding hydrogens is 677 g/mol. The van der Waals surface area contributed by atoms with Crippen molar-refractivity contribution in [2.24, 2.45) is 0 Å². The number of aliphatic hydroxyl groups is 1. The lowest BCUT2D eigenvalue weighted by Gasteiger charge is -2.15. The Bertz CT molecular complexity index is 942. The van der Waals surface area contributed by atoms with Crippen molar-refractivity contribution in [1.29, 1.82) is 0 Å². The molecule has 1 unspecified atom stereocenters. The van der Waals surface area contributed by atoms with Gasteiger partial charge in [0.2, 0.25) is 0 Å². The van der Waals surface area contributed by atoms with Crippen molar-refractivity contribution in [3.63, 3.8) is 0 Å². The van der Waals surface area contributed by atoms with Crippen molar-refractivity contribution < 1.29 is 19.4 Å². The fourth-order valence-electron chi connectivity index (χ4n) is 6.53. The van der Waals surface area contributed by atoms with Crippen LogP contribution in [0.25, 0.3) is 0 Å². The summed E-state index contributed by atoms with van der Waals surface area (Å²) in [5, 5.41) is 9.63. The Hall–Kier alpha value is -2.17. The molecule has 0 saturated carbocycles. The van der Waals surface area contributed by atoms with Gasteiger partial charge < -0.3 is 14.6 Å². The normalized spacial score (nSPS) is 13.0. The molecule has 0 aliphatic rings. The Morgan fingerprint density at radius 1 is 0.455 bits per heavy atom. The number of aliphatic hydroxyl groups excluding tert-OH is 1. The predicted molar refractivity (Wildman–Crippen MR) is 242 cm³/mol. The van der Waals surface area contributed by atoms with Gasteiger partial charge in [-0.05, 0) is 83.5 Å². The third-order valence-electron chi connectivity index (χ3n) is 10.0.